The zero-order valence-electron chi connectivity index (χ0n) is 14.5. The van der Waals surface area contributed by atoms with Crippen molar-refractivity contribution in [3.8, 4) is 0 Å². The van der Waals surface area contributed by atoms with Crippen LogP contribution >= 0.6 is 0 Å². The molecule has 0 N–H and O–H groups in total. The maximum Gasteiger partial charge on any atom is 0.302 e. The molecular weight excluding hydrogens is 260 g/mol. The van der Waals surface area contributed by atoms with Crippen molar-refractivity contribution in [3.05, 3.63) is 12.2 Å². The SMILES string of the molecule is CCCCCCCC/C=C\CCCCCC(C)OC(C)=O. The minimum atomic E-state index is -0.167. The Morgan fingerprint density at radius 3 is 2.00 bits per heavy atom. The molecule has 1 atom stereocenters. The molecule has 0 aliphatic rings. The van der Waals surface area contributed by atoms with Gasteiger partial charge in [0, 0.05) is 6.92 Å². The van der Waals surface area contributed by atoms with Crippen molar-refractivity contribution >= 4 is 5.97 Å². The number of rotatable bonds is 14. The number of unbranched alkanes of at least 4 members (excludes halogenated alkanes) is 9. The van der Waals surface area contributed by atoms with Crippen molar-refractivity contribution in [2.24, 2.45) is 0 Å². The molecule has 0 rings (SSSR count). The lowest BCUT2D eigenvalue weighted by atomic mass is 10.1. The quantitative estimate of drug-likeness (QED) is 0.217. The van der Waals surface area contributed by atoms with E-state index in [-0.39, 0.29) is 12.1 Å². The summed E-state index contributed by atoms with van der Waals surface area (Å²) in [6, 6.07) is 0. The molecule has 0 saturated carbocycles. The maximum absolute atomic E-state index is 10.8. The summed E-state index contributed by atoms with van der Waals surface area (Å²) in [5, 5.41) is 0. The van der Waals surface area contributed by atoms with Crippen LogP contribution in [0.5, 0.6) is 0 Å². The molecule has 0 aromatic heterocycles. The van der Waals surface area contributed by atoms with Crippen LogP contribution in [-0.4, -0.2) is 12.1 Å². The van der Waals surface area contributed by atoms with E-state index < -0.39 is 0 Å². The molecule has 0 aliphatic carbocycles. The molecule has 0 amide bonds. The monoisotopic (exact) mass is 296 g/mol. The fourth-order valence-electron chi connectivity index (χ4n) is 2.49. The highest BCUT2D eigenvalue weighted by Crippen LogP contribution is 2.10. The molecular formula is C19H36O2. The van der Waals surface area contributed by atoms with Crippen LogP contribution in [0.25, 0.3) is 0 Å². The lowest BCUT2D eigenvalue weighted by molar-refractivity contribution is -0.145. The van der Waals surface area contributed by atoms with Crippen molar-refractivity contribution in [3.63, 3.8) is 0 Å². The normalized spacial score (nSPS) is 12.7. The standard InChI is InChI=1S/C19H36O2/c1-4-5-6-7-8-9-10-11-12-13-14-15-16-17-18(2)21-19(3)20/h11-12,18H,4-10,13-17H2,1-3H3/b12-11-. The minimum Gasteiger partial charge on any atom is -0.463 e. The zero-order valence-corrected chi connectivity index (χ0v) is 14.5. The summed E-state index contributed by atoms with van der Waals surface area (Å²) in [4.78, 5) is 10.8. The first-order chi connectivity index (χ1) is 10.2. The van der Waals surface area contributed by atoms with Crippen LogP contribution in [-0.2, 0) is 9.53 Å². The summed E-state index contributed by atoms with van der Waals surface area (Å²) in [6.07, 6.45) is 20.1. The molecule has 0 aromatic rings. The summed E-state index contributed by atoms with van der Waals surface area (Å²) in [6.45, 7) is 5.71. The largest absolute Gasteiger partial charge is 0.463 e. The third-order valence-corrected chi connectivity index (χ3v) is 3.74. The van der Waals surface area contributed by atoms with E-state index in [9.17, 15) is 4.79 Å². The van der Waals surface area contributed by atoms with E-state index in [4.69, 9.17) is 4.74 Å². The zero-order chi connectivity index (χ0) is 15.8. The molecule has 0 fully saturated rings. The summed E-state index contributed by atoms with van der Waals surface area (Å²) < 4.78 is 5.10. The lowest BCUT2D eigenvalue weighted by Gasteiger charge is -2.10. The Labute approximate surface area is 132 Å². The van der Waals surface area contributed by atoms with E-state index in [1.54, 1.807) is 0 Å². The molecule has 124 valence electrons. The number of hydrogen-bond acceptors (Lipinski definition) is 2. The third kappa shape index (κ3) is 17.2. The average Bonchev–Trinajstić information content (AvgIpc) is 2.43. The van der Waals surface area contributed by atoms with Crippen LogP contribution in [0.1, 0.15) is 97.8 Å². The Morgan fingerprint density at radius 2 is 1.43 bits per heavy atom. The van der Waals surface area contributed by atoms with Gasteiger partial charge in [-0.2, -0.15) is 0 Å². The first-order valence-electron chi connectivity index (χ1n) is 8.99. The third-order valence-electron chi connectivity index (χ3n) is 3.74. The topological polar surface area (TPSA) is 26.3 Å². The summed E-state index contributed by atoms with van der Waals surface area (Å²) >= 11 is 0. The molecule has 0 radical (unpaired) electrons. The summed E-state index contributed by atoms with van der Waals surface area (Å²) in [7, 11) is 0. The molecule has 1 unspecified atom stereocenters. The Hall–Kier alpha value is -0.790. The number of carbonyl (C=O) groups excluding carboxylic acids is 1. The van der Waals surface area contributed by atoms with E-state index in [0.717, 1.165) is 12.8 Å². The van der Waals surface area contributed by atoms with Crippen LogP contribution in [0.4, 0.5) is 0 Å². The van der Waals surface area contributed by atoms with E-state index in [2.05, 4.69) is 19.1 Å². The molecule has 2 heteroatoms. The fraction of sp³-hybridized carbons (Fsp3) is 0.842. The van der Waals surface area contributed by atoms with Crippen molar-refractivity contribution in [1.29, 1.82) is 0 Å². The van der Waals surface area contributed by atoms with Gasteiger partial charge in [-0.1, -0.05) is 57.6 Å². The van der Waals surface area contributed by atoms with Crippen LogP contribution in [0, 0.1) is 0 Å². The first-order valence-corrected chi connectivity index (χ1v) is 8.99. The molecule has 0 bridgehead atoms. The van der Waals surface area contributed by atoms with E-state index in [0.29, 0.717) is 0 Å². The Balaban J connectivity index is 3.20. The molecule has 0 aromatic carbocycles. The van der Waals surface area contributed by atoms with Gasteiger partial charge in [0.15, 0.2) is 0 Å². The molecule has 2 nitrogen and oxygen atoms in total. The molecule has 0 aliphatic heterocycles. The highest BCUT2D eigenvalue weighted by atomic mass is 16.5. The van der Waals surface area contributed by atoms with Crippen molar-refractivity contribution in [1.82, 2.24) is 0 Å². The second-order valence-electron chi connectivity index (χ2n) is 6.09. The lowest BCUT2D eigenvalue weighted by Crippen LogP contribution is -2.11. The van der Waals surface area contributed by atoms with Crippen molar-refractivity contribution in [2.45, 2.75) is 104 Å². The summed E-state index contributed by atoms with van der Waals surface area (Å²) in [5.41, 5.74) is 0. The van der Waals surface area contributed by atoms with Crippen LogP contribution < -0.4 is 0 Å². The molecule has 0 saturated heterocycles. The van der Waals surface area contributed by atoms with Crippen LogP contribution in [0.3, 0.4) is 0 Å². The van der Waals surface area contributed by atoms with Gasteiger partial charge >= 0.3 is 5.97 Å². The number of hydrogen-bond donors (Lipinski definition) is 0. The number of ether oxygens (including phenoxy) is 1. The molecule has 21 heavy (non-hydrogen) atoms. The van der Waals surface area contributed by atoms with Gasteiger partial charge in [0.25, 0.3) is 0 Å². The average molecular weight is 296 g/mol. The van der Waals surface area contributed by atoms with Gasteiger partial charge < -0.3 is 4.74 Å². The van der Waals surface area contributed by atoms with Crippen molar-refractivity contribution in [2.75, 3.05) is 0 Å². The van der Waals surface area contributed by atoms with Crippen LogP contribution in [0.15, 0.2) is 12.2 Å². The number of allylic oxidation sites excluding steroid dienone is 2. The first kappa shape index (κ1) is 20.2. The van der Waals surface area contributed by atoms with Gasteiger partial charge in [-0.25, -0.2) is 0 Å². The van der Waals surface area contributed by atoms with Gasteiger partial charge in [-0.15, -0.1) is 0 Å². The highest BCUT2D eigenvalue weighted by Gasteiger charge is 2.03. The van der Waals surface area contributed by atoms with Gasteiger partial charge in [-0.05, 0) is 45.4 Å². The second kappa shape index (κ2) is 15.6. The van der Waals surface area contributed by atoms with Gasteiger partial charge in [0.05, 0.1) is 6.10 Å². The second-order valence-corrected chi connectivity index (χ2v) is 6.09. The number of esters is 1. The summed E-state index contributed by atoms with van der Waals surface area (Å²) in [5.74, 6) is -0.167. The minimum absolute atomic E-state index is 0.0748. The fourth-order valence-corrected chi connectivity index (χ4v) is 2.49. The maximum atomic E-state index is 10.8. The van der Waals surface area contributed by atoms with Crippen LogP contribution in [0.2, 0.25) is 0 Å². The van der Waals surface area contributed by atoms with Gasteiger partial charge in [0.1, 0.15) is 0 Å². The van der Waals surface area contributed by atoms with E-state index in [1.165, 1.54) is 71.1 Å². The highest BCUT2D eigenvalue weighted by molar-refractivity contribution is 5.66. The number of carbonyl (C=O) groups is 1. The predicted molar refractivity (Wildman–Crippen MR) is 91.4 cm³/mol. The Bertz CT molecular complexity index is 258. The van der Waals surface area contributed by atoms with Crippen molar-refractivity contribution < 1.29 is 9.53 Å². The smallest absolute Gasteiger partial charge is 0.302 e. The Kier molecular flexibility index (Phi) is 15.0. The molecule has 0 heterocycles. The predicted octanol–water partition coefficient (Wildman–Crippen LogP) is 6.20. The van der Waals surface area contributed by atoms with Gasteiger partial charge in [-0.3, -0.25) is 4.79 Å². The van der Waals surface area contributed by atoms with E-state index >= 15 is 0 Å². The Morgan fingerprint density at radius 1 is 0.905 bits per heavy atom. The van der Waals surface area contributed by atoms with Gasteiger partial charge in [0.2, 0.25) is 0 Å². The van der Waals surface area contributed by atoms with E-state index in [1.807, 2.05) is 6.92 Å². The molecule has 0 spiro atoms.